The molecule has 0 aromatic heterocycles. The highest BCUT2D eigenvalue weighted by molar-refractivity contribution is 7.85. The van der Waals surface area contributed by atoms with Gasteiger partial charge in [0.25, 0.3) is 10.1 Å². The largest absolute Gasteiger partial charge is 0.346 e. The fourth-order valence-corrected chi connectivity index (χ4v) is 5.89. The highest BCUT2D eigenvalue weighted by Crippen LogP contribution is 2.19. The predicted molar refractivity (Wildman–Crippen MR) is 150 cm³/mol. The Kier molecular flexibility index (Phi) is 21.8. The lowest BCUT2D eigenvalue weighted by molar-refractivity contribution is -0.118. The average molecular weight is 516 g/mol. The van der Waals surface area contributed by atoms with E-state index in [0.717, 1.165) is 25.3 Å². The number of nitrogens with one attached hydrogen (secondary N) is 1. The van der Waals surface area contributed by atoms with Gasteiger partial charge in [-0.25, -0.2) is 0 Å². The van der Waals surface area contributed by atoms with Gasteiger partial charge in [-0.3, -0.25) is 9.35 Å². The van der Waals surface area contributed by atoms with E-state index in [9.17, 15) is 17.8 Å². The van der Waals surface area contributed by atoms with Crippen LogP contribution in [-0.2, 0) is 14.9 Å². The first-order valence-electron chi connectivity index (χ1n) is 14.6. The summed E-state index contributed by atoms with van der Waals surface area (Å²) in [6.45, 7) is 7.35. The fraction of sp³-hybridized carbons (Fsp3) is 0.897. The highest BCUT2D eigenvalue weighted by Gasteiger charge is 2.30. The molecule has 0 spiro atoms. The Balaban J connectivity index is 3.51. The summed E-state index contributed by atoms with van der Waals surface area (Å²) >= 11 is 0. The van der Waals surface area contributed by atoms with Crippen molar-refractivity contribution in [2.24, 2.45) is 0 Å². The molecular formula is C29H57NO4S. The molecule has 5 nitrogen and oxygen atoms in total. The number of hydrogen-bond acceptors (Lipinski definition) is 3. The van der Waals surface area contributed by atoms with Gasteiger partial charge in [0, 0.05) is 0 Å². The number of carbonyl (C=O) groups is 1. The van der Waals surface area contributed by atoms with Gasteiger partial charge in [-0.1, -0.05) is 148 Å². The molecular weight excluding hydrogens is 458 g/mol. The molecule has 0 aliphatic rings. The Morgan fingerprint density at radius 2 is 1.03 bits per heavy atom. The molecule has 0 bridgehead atoms. The van der Waals surface area contributed by atoms with Crippen molar-refractivity contribution in [1.82, 2.24) is 5.32 Å². The minimum absolute atomic E-state index is 0.417. The van der Waals surface area contributed by atoms with E-state index < -0.39 is 27.3 Å². The van der Waals surface area contributed by atoms with Crippen LogP contribution in [0.5, 0.6) is 0 Å². The number of hydrogen-bond donors (Lipinski definition) is 2. The summed E-state index contributed by atoms with van der Waals surface area (Å²) in [5.74, 6) is -0.890. The second-order valence-corrected chi connectivity index (χ2v) is 12.3. The summed E-state index contributed by atoms with van der Waals surface area (Å²) in [5, 5.41) is 2.67. The first-order valence-corrected chi connectivity index (χ1v) is 16.2. The summed E-state index contributed by atoms with van der Waals surface area (Å²) in [7, 11) is -4.16. The number of unbranched alkanes of at least 4 members (excludes halogenated alkanes) is 20. The molecule has 0 rings (SSSR count). The Morgan fingerprint density at radius 1 is 0.714 bits per heavy atom. The van der Waals surface area contributed by atoms with E-state index in [2.05, 4.69) is 18.8 Å². The third-order valence-electron chi connectivity index (χ3n) is 6.94. The molecule has 0 saturated carbocycles. The van der Waals surface area contributed by atoms with Gasteiger partial charge in [0.15, 0.2) is 0 Å². The zero-order valence-corrected chi connectivity index (χ0v) is 23.9. The maximum absolute atomic E-state index is 11.6. The van der Waals surface area contributed by atoms with Crippen LogP contribution in [0.15, 0.2) is 12.7 Å². The van der Waals surface area contributed by atoms with Gasteiger partial charge < -0.3 is 5.32 Å². The maximum atomic E-state index is 11.6. The number of amides is 1. The highest BCUT2D eigenvalue weighted by atomic mass is 32.2. The molecule has 0 radical (unpaired) electrons. The van der Waals surface area contributed by atoms with E-state index in [0.29, 0.717) is 6.42 Å². The van der Waals surface area contributed by atoms with Gasteiger partial charge in [-0.05, 0) is 19.4 Å². The Bertz CT molecular complexity index is 620. The average Bonchev–Trinajstić information content (AvgIpc) is 2.78. The lowest BCUT2D eigenvalue weighted by atomic mass is 9.95. The van der Waals surface area contributed by atoms with Crippen LogP contribution in [0.4, 0.5) is 0 Å². The second-order valence-electron chi connectivity index (χ2n) is 10.8. The SMILES string of the molecule is C=CC(=O)NC(C)(CCCCCCCCCCCCCCCCCCCCCCC)CS(=O)(=O)O. The Labute approximate surface area is 218 Å². The summed E-state index contributed by atoms with van der Waals surface area (Å²) in [6.07, 6.45) is 29.4. The molecule has 1 amide bonds. The van der Waals surface area contributed by atoms with Crippen LogP contribution in [0, 0.1) is 0 Å². The molecule has 0 aliphatic heterocycles. The summed E-state index contributed by atoms with van der Waals surface area (Å²) in [5.41, 5.74) is -0.966. The molecule has 0 heterocycles. The third-order valence-corrected chi connectivity index (χ3v) is 7.95. The van der Waals surface area contributed by atoms with Crippen molar-refractivity contribution < 1.29 is 17.8 Å². The molecule has 1 atom stereocenters. The van der Waals surface area contributed by atoms with Crippen molar-refractivity contribution >= 4 is 16.0 Å². The topological polar surface area (TPSA) is 83.5 Å². The summed E-state index contributed by atoms with van der Waals surface area (Å²) in [4.78, 5) is 11.6. The van der Waals surface area contributed by atoms with E-state index in [1.165, 1.54) is 116 Å². The Morgan fingerprint density at radius 3 is 1.31 bits per heavy atom. The van der Waals surface area contributed by atoms with E-state index in [1.807, 2.05) is 0 Å². The number of carbonyl (C=O) groups excluding carboxylic acids is 1. The first kappa shape index (κ1) is 34.1. The van der Waals surface area contributed by atoms with Crippen molar-refractivity contribution in [3.8, 4) is 0 Å². The third kappa shape index (κ3) is 24.6. The van der Waals surface area contributed by atoms with E-state index in [1.54, 1.807) is 6.92 Å². The van der Waals surface area contributed by atoms with Gasteiger partial charge in [0.1, 0.15) is 0 Å². The van der Waals surface area contributed by atoms with Crippen LogP contribution in [0.25, 0.3) is 0 Å². The fourth-order valence-electron chi connectivity index (χ4n) is 4.87. The predicted octanol–water partition coefficient (Wildman–Crippen LogP) is 8.54. The lowest BCUT2D eigenvalue weighted by Crippen LogP contribution is -2.50. The van der Waals surface area contributed by atoms with Crippen molar-refractivity contribution in [2.75, 3.05) is 5.75 Å². The molecule has 0 saturated heterocycles. The van der Waals surface area contributed by atoms with Crippen LogP contribution in [0.3, 0.4) is 0 Å². The summed E-state index contributed by atoms with van der Waals surface area (Å²) < 4.78 is 31.8. The minimum Gasteiger partial charge on any atom is -0.346 e. The Hall–Kier alpha value is -0.880. The zero-order chi connectivity index (χ0) is 26.3. The van der Waals surface area contributed by atoms with Gasteiger partial charge in [0.05, 0.1) is 11.3 Å². The van der Waals surface area contributed by atoms with Gasteiger partial charge in [0.2, 0.25) is 5.91 Å². The van der Waals surface area contributed by atoms with E-state index in [4.69, 9.17) is 0 Å². The van der Waals surface area contributed by atoms with E-state index in [-0.39, 0.29) is 0 Å². The molecule has 2 N–H and O–H groups in total. The van der Waals surface area contributed by atoms with Crippen LogP contribution >= 0.6 is 0 Å². The van der Waals surface area contributed by atoms with Crippen LogP contribution in [-0.4, -0.2) is 30.2 Å². The number of rotatable bonds is 26. The standard InChI is InChI=1S/C29H57NO4S/c1-4-6-7-8-9-10-11-12-13-14-15-16-17-18-19-20-21-22-23-24-25-26-29(3,27-35(32,33)34)30-28(31)5-2/h5H,2,4,6-27H2,1,3H3,(H,30,31)(H,32,33,34). The van der Waals surface area contributed by atoms with Crippen molar-refractivity contribution in [2.45, 2.75) is 161 Å². The normalized spacial score (nSPS) is 13.5. The second kappa shape index (κ2) is 22.3. The molecule has 6 heteroatoms. The van der Waals surface area contributed by atoms with Crippen molar-refractivity contribution in [1.29, 1.82) is 0 Å². The quantitative estimate of drug-likeness (QED) is 0.0686. The maximum Gasteiger partial charge on any atom is 0.267 e. The molecule has 0 aromatic carbocycles. The van der Waals surface area contributed by atoms with Crippen LogP contribution in [0.2, 0.25) is 0 Å². The van der Waals surface area contributed by atoms with Gasteiger partial charge in [-0.2, -0.15) is 8.42 Å². The minimum atomic E-state index is -4.16. The van der Waals surface area contributed by atoms with Crippen LogP contribution < -0.4 is 5.32 Å². The van der Waals surface area contributed by atoms with Crippen LogP contribution in [0.1, 0.15) is 155 Å². The van der Waals surface area contributed by atoms with Crippen molar-refractivity contribution in [3.05, 3.63) is 12.7 Å². The molecule has 0 aliphatic carbocycles. The molecule has 35 heavy (non-hydrogen) atoms. The van der Waals surface area contributed by atoms with Gasteiger partial charge >= 0.3 is 0 Å². The monoisotopic (exact) mass is 515 g/mol. The molecule has 0 aromatic rings. The first-order chi connectivity index (χ1) is 16.7. The zero-order valence-electron chi connectivity index (χ0n) is 23.1. The lowest BCUT2D eigenvalue weighted by Gasteiger charge is -2.29. The van der Waals surface area contributed by atoms with E-state index >= 15 is 0 Å². The summed E-state index contributed by atoms with van der Waals surface area (Å²) in [6, 6.07) is 0. The smallest absolute Gasteiger partial charge is 0.267 e. The molecule has 0 fully saturated rings. The molecule has 208 valence electrons. The van der Waals surface area contributed by atoms with Gasteiger partial charge in [-0.15, -0.1) is 0 Å². The molecule has 1 unspecified atom stereocenters. The van der Waals surface area contributed by atoms with Crippen molar-refractivity contribution in [3.63, 3.8) is 0 Å².